The lowest BCUT2D eigenvalue weighted by Crippen LogP contribution is -1.94. The number of hydrogen-bond donors (Lipinski definition) is 2. The first-order valence-electron chi connectivity index (χ1n) is 6.88. The number of nitrogens with one attached hydrogen (secondary N) is 1. The number of nitrogens with zero attached hydrogens (tertiary/aromatic N) is 3. The van der Waals surface area contributed by atoms with E-state index in [1.807, 2.05) is 12.1 Å². The number of phenols is 1. The number of nitro benzene ring substituents is 1. The van der Waals surface area contributed by atoms with Gasteiger partial charge in [0.05, 0.1) is 28.5 Å². The van der Waals surface area contributed by atoms with Crippen molar-refractivity contribution in [2.24, 2.45) is 5.10 Å². The number of benzene rings is 2. The maximum Gasteiger partial charge on any atom is 0.312 e. The fourth-order valence-corrected chi connectivity index (χ4v) is 3.14. The molecule has 25 heavy (non-hydrogen) atoms. The van der Waals surface area contributed by atoms with Crippen LogP contribution >= 0.6 is 22.9 Å². The normalized spacial score (nSPS) is 11.1. The van der Waals surface area contributed by atoms with Crippen LogP contribution in [-0.2, 0) is 0 Å². The quantitative estimate of drug-likeness (QED) is 0.394. The zero-order chi connectivity index (χ0) is 18.0. The van der Waals surface area contributed by atoms with Crippen molar-refractivity contribution in [3.05, 3.63) is 51.0 Å². The molecule has 0 bridgehead atoms. The minimum absolute atomic E-state index is 0.120. The first kappa shape index (κ1) is 16.9. The van der Waals surface area contributed by atoms with Gasteiger partial charge in [-0.25, -0.2) is 4.98 Å². The summed E-state index contributed by atoms with van der Waals surface area (Å²) in [6.07, 6.45) is 1.24. The maximum absolute atomic E-state index is 10.9. The Balaban J connectivity index is 1.83. The standard InChI is InChI=1S/C15H11ClN4O4S/c1-24-10-2-3-11-13(6-10)25-15(18-11)19-17-7-8-4-9(16)5-12(14(8)21)20(22)23/h2-7,21H,1H3,(H,18,19)/b17-7-. The number of fused-ring (bicyclic) bond motifs is 1. The molecular formula is C15H11ClN4O4S. The zero-order valence-electron chi connectivity index (χ0n) is 12.8. The fourth-order valence-electron chi connectivity index (χ4n) is 2.08. The van der Waals surface area contributed by atoms with Crippen molar-refractivity contribution in [3.63, 3.8) is 0 Å². The molecule has 1 aromatic heterocycles. The van der Waals surface area contributed by atoms with E-state index in [1.165, 1.54) is 23.6 Å². The van der Waals surface area contributed by atoms with E-state index in [2.05, 4.69) is 15.5 Å². The molecule has 0 atom stereocenters. The van der Waals surface area contributed by atoms with E-state index in [1.54, 1.807) is 13.2 Å². The molecular weight excluding hydrogens is 368 g/mol. The molecule has 0 aliphatic carbocycles. The predicted molar refractivity (Wildman–Crippen MR) is 97.2 cm³/mol. The van der Waals surface area contributed by atoms with Crippen LogP contribution in [0.25, 0.3) is 10.2 Å². The van der Waals surface area contributed by atoms with Crippen molar-refractivity contribution in [1.82, 2.24) is 4.98 Å². The van der Waals surface area contributed by atoms with E-state index in [4.69, 9.17) is 16.3 Å². The number of ether oxygens (including phenoxy) is 1. The van der Waals surface area contributed by atoms with Crippen LogP contribution < -0.4 is 10.2 Å². The summed E-state index contributed by atoms with van der Waals surface area (Å²) in [7, 11) is 1.59. The predicted octanol–water partition coefficient (Wildman–Crippen LogP) is 4.02. The average Bonchev–Trinajstić information content (AvgIpc) is 2.98. The Morgan fingerprint density at radius 3 is 2.96 bits per heavy atom. The molecule has 0 spiro atoms. The van der Waals surface area contributed by atoms with Gasteiger partial charge in [-0.2, -0.15) is 5.10 Å². The van der Waals surface area contributed by atoms with Crippen LogP contribution in [0, 0.1) is 10.1 Å². The average molecular weight is 379 g/mol. The minimum atomic E-state index is -0.715. The SMILES string of the molecule is COc1ccc2nc(N/N=C\c3cc(Cl)cc([N+](=O)[O-])c3O)sc2c1. The number of anilines is 1. The summed E-state index contributed by atoms with van der Waals surface area (Å²) in [6.45, 7) is 0. The summed E-state index contributed by atoms with van der Waals surface area (Å²) in [5.74, 6) is 0.219. The van der Waals surface area contributed by atoms with E-state index in [0.29, 0.717) is 5.13 Å². The summed E-state index contributed by atoms with van der Waals surface area (Å²) >= 11 is 7.19. The Labute approximate surface area is 150 Å². The number of aromatic nitrogens is 1. The lowest BCUT2D eigenvalue weighted by atomic mass is 10.2. The maximum atomic E-state index is 10.9. The van der Waals surface area contributed by atoms with Crippen molar-refractivity contribution in [1.29, 1.82) is 0 Å². The van der Waals surface area contributed by atoms with Crippen molar-refractivity contribution in [3.8, 4) is 11.5 Å². The van der Waals surface area contributed by atoms with E-state index in [-0.39, 0.29) is 10.6 Å². The van der Waals surface area contributed by atoms with Gasteiger partial charge in [0.2, 0.25) is 10.9 Å². The molecule has 10 heteroatoms. The molecule has 0 aliphatic heterocycles. The highest BCUT2D eigenvalue weighted by Crippen LogP contribution is 2.32. The van der Waals surface area contributed by atoms with Crippen molar-refractivity contribution >= 4 is 50.2 Å². The number of hydrogen-bond acceptors (Lipinski definition) is 8. The Hall–Kier alpha value is -2.91. The van der Waals surface area contributed by atoms with Crippen LogP contribution in [0.5, 0.6) is 11.5 Å². The Bertz CT molecular complexity index is 989. The monoisotopic (exact) mass is 378 g/mol. The van der Waals surface area contributed by atoms with Gasteiger partial charge in [0.1, 0.15) is 5.75 Å². The minimum Gasteiger partial charge on any atom is -0.502 e. The van der Waals surface area contributed by atoms with Crippen LogP contribution in [0.4, 0.5) is 10.8 Å². The number of aromatic hydroxyl groups is 1. The number of halogens is 1. The van der Waals surface area contributed by atoms with Gasteiger partial charge in [0.15, 0.2) is 0 Å². The molecule has 0 fully saturated rings. The highest BCUT2D eigenvalue weighted by molar-refractivity contribution is 7.22. The first-order valence-corrected chi connectivity index (χ1v) is 8.08. The zero-order valence-corrected chi connectivity index (χ0v) is 14.3. The van der Waals surface area contributed by atoms with Crippen LogP contribution in [0.2, 0.25) is 5.02 Å². The lowest BCUT2D eigenvalue weighted by Gasteiger charge is -2.01. The lowest BCUT2D eigenvalue weighted by molar-refractivity contribution is -0.385. The molecule has 1 heterocycles. The van der Waals surface area contributed by atoms with E-state index >= 15 is 0 Å². The Morgan fingerprint density at radius 1 is 1.44 bits per heavy atom. The molecule has 0 saturated carbocycles. The van der Waals surface area contributed by atoms with Gasteiger partial charge >= 0.3 is 5.69 Å². The number of rotatable bonds is 5. The van der Waals surface area contributed by atoms with Gasteiger partial charge in [-0.15, -0.1) is 0 Å². The number of methoxy groups -OCH3 is 1. The molecule has 3 rings (SSSR count). The summed E-state index contributed by atoms with van der Waals surface area (Å²) in [4.78, 5) is 14.5. The topological polar surface area (TPSA) is 110 Å². The van der Waals surface area contributed by atoms with Crippen LogP contribution in [-0.4, -0.2) is 28.3 Å². The molecule has 2 N–H and O–H groups in total. The van der Waals surface area contributed by atoms with Crippen molar-refractivity contribution < 1.29 is 14.8 Å². The van der Waals surface area contributed by atoms with E-state index in [0.717, 1.165) is 22.0 Å². The second-order valence-electron chi connectivity index (χ2n) is 4.84. The summed E-state index contributed by atoms with van der Waals surface area (Å²) in [5.41, 5.74) is 3.14. The highest BCUT2D eigenvalue weighted by Gasteiger charge is 2.17. The van der Waals surface area contributed by atoms with Crippen LogP contribution in [0.15, 0.2) is 35.4 Å². The van der Waals surface area contributed by atoms with Gasteiger partial charge in [0.25, 0.3) is 0 Å². The third-order valence-electron chi connectivity index (χ3n) is 3.24. The van der Waals surface area contributed by atoms with Gasteiger partial charge < -0.3 is 9.84 Å². The summed E-state index contributed by atoms with van der Waals surface area (Å²) < 4.78 is 6.07. The largest absolute Gasteiger partial charge is 0.502 e. The summed E-state index contributed by atoms with van der Waals surface area (Å²) in [5, 5.41) is 25.4. The molecule has 0 aliphatic rings. The molecule has 3 aromatic rings. The second kappa shape index (κ2) is 6.91. The van der Waals surface area contributed by atoms with Gasteiger partial charge in [0, 0.05) is 16.7 Å². The van der Waals surface area contributed by atoms with E-state index in [9.17, 15) is 15.2 Å². The fraction of sp³-hybridized carbons (Fsp3) is 0.0667. The molecule has 0 unspecified atom stereocenters. The van der Waals surface area contributed by atoms with Gasteiger partial charge in [-0.3, -0.25) is 15.5 Å². The first-order chi connectivity index (χ1) is 12.0. The number of phenolic OH excluding ortho intramolecular Hbond substituents is 1. The summed E-state index contributed by atoms with van der Waals surface area (Å²) in [6, 6.07) is 7.93. The Kier molecular flexibility index (Phi) is 4.68. The molecule has 2 aromatic carbocycles. The molecule has 0 amide bonds. The molecule has 0 radical (unpaired) electrons. The van der Waals surface area contributed by atoms with Crippen LogP contribution in [0.3, 0.4) is 0 Å². The van der Waals surface area contributed by atoms with Crippen molar-refractivity contribution in [2.45, 2.75) is 0 Å². The smallest absolute Gasteiger partial charge is 0.312 e. The second-order valence-corrected chi connectivity index (χ2v) is 6.31. The number of nitro groups is 1. The molecule has 128 valence electrons. The van der Waals surface area contributed by atoms with Gasteiger partial charge in [-0.05, 0) is 24.3 Å². The van der Waals surface area contributed by atoms with Gasteiger partial charge in [-0.1, -0.05) is 22.9 Å². The number of hydrazone groups is 1. The third kappa shape index (κ3) is 3.62. The molecule has 0 saturated heterocycles. The number of thiazole rings is 1. The van der Waals surface area contributed by atoms with Crippen molar-refractivity contribution in [2.75, 3.05) is 12.5 Å². The third-order valence-corrected chi connectivity index (χ3v) is 4.38. The van der Waals surface area contributed by atoms with Crippen LogP contribution in [0.1, 0.15) is 5.56 Å². The molecule has 8 nitrogen and oxygen atoms in total. The highest BCUT2D eigenvalue weighted by atomic mass is 35.5. The Morgan fingerprint density at radius 2 is 2.24 bits per heavy atom. The van der Waals surface area contributed by atoms with E-state index < -0.39 is 16.4 Å².